The van der Waals surface area contributed by atoms with E-state index in [4.69, 9.17) is 4.74 Å². The maximum Gasteiger partial charge on any atom is 0.174 e. The monoisotopic (exact) mass is 492 g/mol. The Hall–Kier alpha value is -3.67. The minimum absolute atomic E-state index is 0.0395. The number of allylic oxidation sites excluding steroid dienone is 6. The van der Waals surface area contributed by atoms with Crippen molar-refractivity contribution >= 4 is 5.78 Å². The molecule has 192 valence electrons. The quantitative estimate of drug-likeness (QED) is 0.297. The Bertz CT molecular complexity index is 1240. The summed E-state index contributed by atoms with van der Waals surface area (Å²) in [7, 11) is 0. The number of aromatic hydroxyl groups is 4. The van der Waals surface area contributed by atoms with Crippen LogP contribution in [0, 0.1) is 0 Å². The molecule has 1 heterocycles. The van der Waals surface area contributed by atoms with Gasteiger partial charge in [-0.3, -0.25) is 4.79 Å². The lowest BCUT2D eigenvalue weighted by Crippen LogP contribution is -2.21. The fourth-order valence-corrected chi connectivity index (χ4v) is 4.25. The number of phenols is 4. The number of phenolic OH excluding ortho intramolecular Hbond substituents is 4. The summed E-state index contributed by atoms with van der Waals surface area (Å²) in [5.41, 5.74) is 4.45. The third-order valence-corrected chi connectivity index (χ3v) is 6.36. The van der Waals surface area contributed by atoms with Crippen molar-refractivity contribution in [2.75, 3.05) is 0 Å². The molecule has 0 unspecified atom stereocenters. The summed E-state index contributed by atoms with van der Waals surface area (Å²) >= 11 is 0. The minimum atomic E-state index is -0.821. The van der Waals surface area contributed by atoms with Crippen LogP contribution < -0.4 is 4.74 Å². The Morgan fingerprint density at radius 3 is 2.19 bits per heavy atom. The van der Waals surface area contributed by atoms with E-state index in [2.05, 4.69) is 19.9 Å². The highest BCUT2D eigenvalue weighted by molar-refractivity contribution is 6.03. The first-order valence-electron chi connectivity index (χ1n) is 12.2. The van der Waals surface area contributed by atoms with E-state index in [0.29, 0.717) is 17.5 Å². The molecule has 6 nitrogen and oxygen atoms in total. The van der Waals surface area contributed by atoms with Crippen molar-refractivity contribution < 1.29 is 30.0 Å². The molecule has 0 bridgehead atoms. The number of benzene rings is 2. The average molecular weight is 493 g/mol. The van der Waals surface area contributed by atoms with Crippen LogP contribution in [0.2, 0.25) is 0 Å². The third kappa shape index (κ3) is 6.11. The molecule has 0 aliphatic carbocycles. The lowest BCUT2D eigenvalue weighted by atomic mass is 9.91. The summed E-state index contributed by atoms with van der Waals surface area (Å²) in [6, 6.07) is 4.34. The molecule has 1 atom stereocenters. The molecule has 0 fully saturated rings. The van der Waals surface area contributed by atoms with Crippen LogP contribution in [0.4, 0.5) is 0 Å². The highest BCUT2D eigenvalue weighted by Crippen LogP contribution is 2.47. The number of hydrogen-bond donors (Lipinski definition) is 4. The van der Waals surface area contributed by atoms with Crippen LogP contribution in [-0.4, -0.2) is 26.2 Å². The molecule has 0 saturated carbocycles. The Morgan fingerprint density at radius 1 is 0.889 bits per heavy atom. The van der Waals surface area contributed by atoms with Gasteiger partial charge in [0.1, 0.15) is 40.4 Å². The van der Waals surface area contributed by atoms with Gasteiger partial charge in [0.25, 0.3) is 0 Å². The van der Waals surface area contributed by atoms with Crippen LogP contribution in [0.15, 0.2) is 53.1 Å². The summed E-state index contributed by atoms with van der Waals surface area (Å²) in [5.74, 6) is -0.888. The van der Waals surface area contributed by atoms with E-state index in [1.807, 2.05) is 32.9 Å². The van der Waals surface area contributed by atoms with Gasteiger partial charge in [-0.05, 0) is 72.4 Å². The number of ether oxygens (including phenoxy) is 1. The van der Waals surface area contributed by atoms with Crippen LogP contribution in [0.3, 0.4) is 0 Å². The standard InChI is InChI=1S/C30H36O6/c1-17(2)7-6-8-19(5)10-12-21-24(32)15-27-28(30(21)35)25(33)16-26(36-27)22-13-14-23(31)20(29(22)34)11-9-18(3)4/h7,9-10,13-15,26,31-32,34-35H,6,8,11-12,16H2,1-5H3/b19-10-/t26-/m0/s1. The molecule has 0 saturated heterocycles. The fourth-order valence-electron chi connectivity index (χ4n) is 4.25. The second kappa shape index (κ2) is 11.4. The second-order valence-corrected chi connectivity index (χ2v) is 9.89. The van der Waals surface area contributed by atoms with Crippen LogP contribution >= 0.6 is 0 Å². The molecular weight excluding hydrogens is 456 g/mol. The molecule has 4 N–H and O–H groups in total. The van der Waals surface area contributed by atoms with Crippen molar-refractivity contribution in [2.45, 2.75) is 72.8 Å². The average Bonchev–Trinajstić information content (AvgIpc) is 2.77. The molecule has 0 spiro atoms. The van der Waals surface area contributed by atoms with Crippen LogP contribution in [-0.2, 0) is 12.8 Å². The molecule has 2 aromatic carbocycles. The maximum absolute atomic E-state index is 13.1. The summed E-state index contributed by atoms with van der Waals surface area (Å²) in [4.78, 5) is 13.1. The zero-order valence-corrected chi connectivity index (χ0v) is 21.7. The first-order valence-corrected chi connectivity index (χ1v) is 12.2. The number of Topliss-reactive ketones (excluding diaryl/α,β-unsaturated/α-hetero) is 1. The van der Waals surface area contributed by atoms with Gasteiger partial charge in [-0.1, -0.05) is 34.9 Å². The van der Waals surface area contributed by atoms with Crippen molar-refractivity contribution in [3.8, 4) is 28.7 Å². The number of carbonyl (C=O) groups is 1. The van der Waals surface area contributed by atoms with Gasteiger partial charge in [0, 0.05) is 22.8 Å². The van der Waals surface area contributed by atoms with Crippen molar-refractivity contribution in [3.05, 3.63) is 75.4 Å². The number of fused-ring (bicyclic) bond motifs is 1. The molecule has 1 aliphatic rings. The summed E-state index contributed by atoms with van der Waals surface area (Å²) in [6.07, 6.45) is 7.48. The molecule has 0 aromatic heterocycles. The van der Waals surface area contributed by atoms with E-state index in [9.17, 15) is 25.2 Å². The fraction of sp³-hybridized carbons (Fsp3) is 0.367. The van der Waals surface area contributed by atoms with Crippen molar-refractivity contribution in [3.63, 3.8) is 0 Å². The van der Waals surface area contributed by atoms with Crippen molar-refractivity contribution in [1.82, 2.24) is 0 Å². The van der Waals surface area contributed by atoms with Gasteiger partial charge in [-0.2, -0.15) is 0 Å². The van der Waals surface area contributed by atoms with Gasteiger partial charge in [0.2, 0.25) is 0 Å². The van der Waals surface area contributed by atoms with Gasteiger partial charge in [-0.15, -0.1) is 0 Å². The summed E-state index contributed by atoms with van der Waals surface area (Å²) in [5, 5.41) is 42.6. The van der Waals surface area contributed by atoms with E-state index < -0.39 is 6.10 Å². The molecule has 6 heteroatoms. The predicted octanol–water partition coefficient (Wildman–Crippen LogP) is 6.96. The number of carbonyl (C=O) groups excluding carboxylic acids is 1. The Morgan fingerprint density at radius 2 is 1.53 bits per heavy atom. The van der Waals surface area contributed by atoms with E-state index in [1.165, 1.54) is 23.8 Å². The topological polar surface area (TPSA) is 107 Å². The van der Waals surface area contributed by atoms with Crippen LogP contribution in [0.1, 0.15) is 87.0 Å². The lowest BCUT2D eigenvalue weighted by Gasteiger charge is -2.28. The highest BCUT2D eigenvalue weighted by Gasteiger charge is 2.34. The zero-order valence-electron chi connectivity index (χ0n) is 21.7. The summed E-state index contributed by atoms with van der Waals surface area (Å²) in [6.45, 7) is 9.95. The zero-order chi connectivity index (χ0) is 26.6. The Labute approximate surface area is 212 Å². The highest BCUT2D eigenvalue weighted by atomic mass is 16.5. The van der Waals surface area contributed by atoms with Gasteiger partial charge in [-0.25, -0.2) is 0 Å². The lowest BCUT2D eigenvalue weighted by molar-refractivity contribution is 0.0841. The van der Waals surface area contributed by atoms with Gasteiger partial charge >= 0.3 is 0 Å². The number of rotatable bonds is 8. The van der Waals surface area contributed by atoms with Gasteiger partial charge < -0.3 is 25.2 Å². The third-order valence-electron chi connectivity index (χ3n) is 6.36. The van der Waals surface area contributed by atoms with E-state index in [0.717, 1.165) is 24.0 Å². The molecule has 1 aliphatic heterocycles. The molecule has 36 heavy (non-hydrogen) atoms. The molecule has 2 aromatic rings. The Kier molecular flexibility index (Phi) is 8.51. The van der Waals surface area contributed by atoms with Crippen molar-refractivity contribution in [1.29, 1.82) is 0 Å². The van der Waals surface area contributed by atoms with E-state index in [1.54, 1.807) is 0 Å². The molecule has 3 rings (SSSR count). The van der Waals surface area contributed by atoms with E-state index >= 15 is 0 Å². The Balaban J connectivity index is 1.88. The van der Waals surface area contributed by atoms with Gasteiger partial charge in [0.05, 0.1) is 6.42 Å². The van der Waals surface area contributed by atoms with Crippen molar-refractivity contribution in [2.24, 2.45) is 0 Å². The SMILES string of the molecule is CC(C)=CCC/C(C)=C\Cc1c(O)cc2c(c1O)C(=O)C[C@@H](c1ccc(O)c(CC=C(C)C)c1O)O2. The molecular formula is C30H36O6. The largest absolute Gasteiger partial charge is 0.508 e. The maximum atomic E-state index is 13.1. The second-order valence-electron chi connectivity index (χ2n) is 9.89. The van der Waals surface area contributed by atoms with Crippen LogP contribution in [0.25, 0.3) is 0 Å². The number of hydrogen-bond acceptors (Lipinski definition) is 6. The first kappa shape index (κ1) is 26.9. The van der Waals surface area contributed by atoms with E-state index in [-0.39, 0.29) is 58.5 Å². The molecule has 0 amide bonds. The smallest absolute Gasteiger partial charge is 0.174 e. The molecule has 0 radical (unpaired) electrons. The summed E-state index contributed by atoms with van der Waals surface area (Å²) < 4.78 is 5.99. The normalized spacial score (nSPS) is 15.2. The van der Waals surface area contributed by atoms with Crippen LogP contribution in [0.5, 0.6) is 28.7 Å². The minimum Gasteiger partial charge on any atom is -0.508 e. The predicted molar refractivity (Wildman–Crippen MR) is 141 cm³/mol. The van der Waals surface area contributed by atoms with Gasteiger partial charge in [0.15, 0.2) is 5.78 Å². The first-order chi connectivity index (χ1) is 17.0. The number of ketones is 1.